The van der Waals surface area contributed by atoms with E-state index in [1.165, 1.54) is 57.8 Å². The van der Waals surface area contributed by atoms with E-state index in [0.717, 1.165) is 23.7 Å². The summed E-state index contributed by atoms with van der Waals surface area (Å²) in [6.45, 7) is 10.1. The third-order valence-corrected chi connectivity index (χ3v) is 8.54. The van der Waals surface area contributed by atoms with Gasteiger partial charge in [-0.05, 0) is 73.0 Å². The van der Waals surface area contributed by atoms with Crippen molar-refractivity contribution in [3.8, 4) is 0 Å². The smallest absolute Gasteiger partial charge is 0.0607 e. The van der Waals surface area contributed by atoms with Crippen LogP contribution < -0.4 is 0 Å². The maximum absolute atomic E-state index is 6.10. The zero-order valence-corrected chi connectivity index (χ0v) is 15.7. The highest BCUT2D eigenvalue weighted by Crippen LogP contribution is 2.63. The van der Waals surface area contributed by atoms with E-state index in [1.807, 2.05) is 7.11 Å². The van der Waals surface area contributed by atoms with Crippen molar-refractivity contribution in [2.24, 2.45) is 34.5 Å². The molecular weight excluding hydrogens is 268 g/mol. The SMILES string of the molecule is CCCC1(C)CCC2C(C1C)[C@H](OC)C[C@H]1CCCCC21C. The number of rotatable bonds is 3. The predicted molar refractivity (Wildman–Crippen MR) is 93.9 cm³/mol. The number of ether oxygens (including phenoxy) is 1. The van der Waals surface area contributed by atoms with Crippen LogP contribution in [-0.2, 0) is 4.74 Å². The summed E-state index contributed by atoms with van der Waals surface area (Å²) < 4.78 is 6.10. The Hall–Kier alpha value is -0.0400. The number of methoxy groups -OCH3 is 1. The van der Waals surface area contributed by atoms with Crippen LogP contribution in [0.25, 0.3) is 0 Å². The van der Waals surface area contributed by atoms with Crippen molar-refractivity contribution in [3.05, 3.63) is 0 Å². The van der Waals surface area contributed by atoms with Crippen LogP contribution in [0, 0.1) is 34.5 Å². The third-order valence-electron chi connectivity index (χ3n) is 8.54. The summed E-state index contributed by atoms with van der Waals surface area (Å²) in [5.74, 6) is 3.46. The zero-order chi connectivity index (χ0) is 16.0. The van der Waals surface area contributed by atoms with Gasteiger partial charge in [0.05, 0.1) is 6.10 Å². The first-order valence-corrected chi connectivity index (χ1v) is 9.99. The Morgan fingerprint density at radius 3 is 2.55 bits per heavy atom. The molecule has 0 N–H and O–H groups in total. The molecule has 7 atom stereocenters. The Balaban J connectivity index is 1.91. The normalized spacial score (nSPS) is 52.0. The average Bonchev–Trinajstić information content (AvgIpc) is 2.50. The average molecular weight is 307 g/mol. The van der Waals surface area contributed by atoms with E-state index >= 15 is 0 Å². The zero-order valence-electron chi connectivity index (χ0n) is 15.7. The van der Waals surface area contributed by atoms with E-state index in [1.54, 1.807) is 0 Å². The summed E-state index contributed by atoms with van der Waals surface area (Å²) >= 11 is 0. The summed E-state index contributed by atoms with van der Waals surface area (Å²) in [7, 11) is 1.98. The molecule has 0 saturated heterocycles. The molecule has 0 aromatic heterocycles. The highest BCUT2D eigenvalue weighted by atomic mass is 16.5. The Morgan fingerprint density at radius 1 is 1.09 bits per heavy atom. The second-order valence-electron chi connectivity index (χ2n) is 9.37. The van der Waals surface area contributed by atoms with Gasteiger partial charge >= 0.3 is 0 Å². The van der Waals surface area contributed by atoms with Crippen molar-refractivity contribution in [1.82, 2.24) is 0 Å². The maximum Gasteiger partial charge on any atom is 0.0607 e. The molecule has 0 heterocycles. The van der Waals surface area contributed by atoms with Gasteiger partial charge in [-0.15, -0.1) is 0 Å². The van der Waals surface area contributed by atoms with Gasteiger partial charge in [0.25, 0.3) is 0 Å². The van der Waals surface area contributed by atoms with Crippen molar-refractivity contribution in [2.45, 2.75) is 91.6 Å². The van der Waals surface area contributed by atoms with E-state index in [0.29, 0.717) is 16.9 Å². The fourth-order valence-corrected chi connectivity index (χ4v) is 6.99. The highest BCUT2D eigenvalue weighted by Gasteiger charge is 2.58. The standard InChI is InChI=1S/C21H38O/c1-6-11-20(3)13-10-17-19(15(20)2)18(22-5)14-16-9-7-8-12-21(16,17)4/h15-19H,6-14H2,1-5H3/t15?,16-,17?,18-,19?,20?,21?/m1/s1. The van der Waals surface area contributed by atoms with Gasteiger partial charge < -0.3 is 4.74 Å². The van der Waals surface area contributed by atoms with Gasteiger partial charge in [-0.3, -0.25) is 0 Å². The summed E-state index contributed by atoms with van der Waals surface area (Å²) in [6, 6.07) is 0. The minimum atomic E-state index is 0.521. The molecule has 0 aliphatic heterocycles. The van der Waals surface area contributed by atoms with E-state index in [-0.39, 0.29) is 0 Å². The molecule has 0 spiro atoms. The topological polar surface area (TPSA) is 9.23 Å². The fraction of sp³-hybridized carbons (Fsp3) is 1.00. The molecule has 1 heteroatoms. The molecule has 22 heavy (non-hydrogen) atoms. The van der Waals surface area contributed by atoms with Gasteiger partial charge in [0.2, 0.25) is 0 Å². The second-order valence-corrected chi connectivity index (χ2v) is 9.37. The van der Waals surface area contributed by atoms with E-state index in [2.05, 4.69) is 27.7 Å². The van der Waals surface area contributed by atoms with Gasteiger partial charge in [0, 0.05) is 7.11 Å². The fourth-order valence-electron chi connectivity index (χ4n) is 6.99. The highest BCUT2D eigenvalue weighted by molar-refractivity contribution is 5.07. The number of hydrogen-bond acceptors (Lipinski definition) is 1. The minimum absolute atomic E-state index is 0.521. The lowest BCUT2D eigenvalue weighted by Gasteiger charge is -2.62. The molecule has 128 valence electrons. The molecule has 3 aliphatic carbocycles. The van der Waals surface area contributed by atoms with Crippen molar-refractivity contribution >= 4 is 0 Å². The lowest BCUT2D eigenvalue weighted by Crippen LogP contribution is -2.57. The van der Waals surface area contributed by atoms with Crippen LogP contribution in [0.3, 0.4) is 0 Å². The van der Waals surface area contributed by atoms with E-state index in [9.17, 15) is 0 Å². The summed E-state index contributed by atoms with van der Waals surface area (Å²) in [5.41, 5.74) is 1.16. The van der Waals surface area contributed by atoms with Crippen molar-refractivity contribution < 1.29 is 4.74 Å². The first-order chi connectivity index (χ1) is 10.5. The second kappa shape index (κ2) is 6.11. The van der Waals surface area contributed by atoms with Crippen LogP contribution in [0.2, 0.25) is 0 Å². The lowest BCUT2D eigenvalue weighted by molar-refractivity contribution is -0.170. The Labute approximate surface area is 138 Å². The quantitative estimate of drug-likeness (QED) is 0.615. The number of hydrogen-bond donors (Lipinski definition) is 0. The summed E-state index contributed by atoms with van der Waals surface area (Å²) in [4.78, 5) is 0. The molecule has 3 rings (SSSR count). The molecule has 0 bridgehead atoms. The van der Waals surface area contributed by atoms with Gasteiger partial charge in [-0.2, -0.15) is 0 Å². The molecule has 3 saturated carbocycles. The number of fused-ring (bicyclic) bond motifs is 3. The molecule has 5 unspecified atom stereocenters. The first kappa shape index (κ1) is 16.8. The summed E-state index contributed by atoms with van der Waals surface area (Å²) in [6.07, 6.45) is 13.3. The van der Waals surface area contributed by atoms with Crippen LogP contribution in [0.4, 0.5) is 0 Å². The Bertz CT molecular complexity index is 391. The van der Waals surface area contributed by atoms with Gasteiger partial charge in [-0.25, -0.2) is 0 Å². The van der Waals surface area contributed by atoms with E-state index < -0.39 is 0 Å². The van der Waals surface area contributed by atoms with Crippen LogP contribution in [0.5, 0.6) is 0 Å². The van der Waals surface area contributed by atoms with E-state index in [4.69, 9.17) is 4.74 Å². The molecule has 0 aromatic rings. The molecule has 0 amide bonds. The molecule has 0 radical (unpaired) electrons. The molecular formula is C21H38O. The maximum atomic E-state index is 6.10. The van der Waals surface area contributed by atoms with Gasteiger partial charge in [0.1, 0.15) is 0 Å². The first-order valence-electron chi connectivity index (χ1n) is 9.99. The van der Waals surface area contributed by atoms with Crippen LogP contribution in [0.15, 0.2) is 0 Å². The Kier molecular flexibility index (Phi) is 4.67. The molecule has 3 aliphatic rings. The summed E-state index contributed by atoms with van der Waals surface area (Å²) in [5, 5.41) is 0. The van der Waals surface area contributed by atoms with Gasteiger partial charge in [0.15, 0.2) is 0 Å². The van der Waals surface area contributed by atoms with Crippen LogP contribution >= 0.6 is 0 Å². The van der Waals surface area contributed by atoms with Gasteiger partial charge in [-0.1, -0.05) is 47.0 Å². The van der Waals surface area contributed by atoms with Crippen molar-refractivity contribution in [1.29, 1.82) is 0 Å². The lowest BCUT2D eigenvalue weighted by atomic mass is 9.44. The third kappa shape index (κ3) is 2.46. The minimum Gasteiger partial charge on any atom is -0.381 e. The van der Waals surface area contributed by atoms with Crippen LogP contribution in [0.1, 0.15) is 85.5 Å². The van der Waals surface area contributed by atoms with Crippen molar-refractivity contribution in [2.75, 3.05) is 7.11 Å². The monoisotopic (exact) mass is 306 g/mol. The van der Waals surface area contributed by atoms with Crippen molar-refractivity contribution in [3.63, 3.8) is 0 Å². The molecule has 0 aromatic carbocycles. The molecule has 3 fully saturated rings. The largest absolute Gasteiger partial charge is 0.381 e. The predicted octanol–water partition coefficient (Wildman–Crippen LogP) is 6.07. The molecule has 1 nitrogen and oxygen atoms in total. The Morgan fingerprint density at radius 2 is 1.86 bits per heavy atom. The van der Waals surface area contributed by atoms with Crippen LogP contribution in [-0.4, -0.2) is 13.2 Å².